The van der Waals surface area contributed by atoms with Gasteiger partial charge in [-0.15, -0.1) is 11.8 Å². The largest absolute Gasteiger partial charge is 0.431 e. The fraction of sp³-hybridized carbons (Fsp3) is 0.167. The third-order valence-electron chi connectivity index (χ3n) is 3.90. The Bertz CT molecular complexity index is 957. The molecule has 1 aliphatic heterocycles. The Morgan fingerprint density at radius 1 is 0.931 bits per heavy atom. The molecule has 2 aromatic carbocycles. The molecule has 1 heterocycles. The maximum Gasteiger partial charge on any atom is 0.431 e. The Hall–Kier alpha value is -2.56. The molecule has 2 nitrogen and oxygen atoms in total. The van der Waals surface area contributed by atoms with Gasteiger partial charge in [0.1, 0.15) is 11.4 Å². The van der Waals surface area contributed by atoms with Gasteiger partial charge in [0.25, 0.3) is 0 Å². The summed E-state index contributed by atoms with van der Waals surface area (Å²) in [5.74, 6) is -11.7. The van der Waals surface area contributed by atoms with Crippen LogP contribution in [0, 0.1) is 29.1 Å². The van der Waals surface area contributed by atoms with E-state index < -0.39 is 52.7 Å². The molecule has 1 N–H and O–H groups in total. The van der Waals surface area contributed by atoms with Gasteiger partial charge in [-0.2, -0.15) is 13.2 Å². The highest BCUT2D eigenvalue weighted by Crippen LogP contribution is 2.35. The van der Waals surface area contributed by atoms with Crippen LogP contribution in [0.15, 0.2) is 47.1 Å². The van der Waals surface area contributed by atoms with Gasteiger partial charge in [-0.1, -0.05) is 30.3 Å². The summed E-state index contributed by atoms with van der Waals surface area (Å²) in [6.45, 7) is 0. The van der Waals surface area contributed by atoms with Crippen molar-refractivity contribution in [3.8, 4) is 0 Å². The molecule has 0 spiro atoms. The number of hydrogen-bond donors (Lipinski definition) is 1. The van der Waals surface area contributed by atoms with Crippen molar-refractivity contribution in [2.75, 3.05) is 11.1 Å². The maximum absolute atomic E-state index is 13.7. The highest BCUT2D eigenvalue weighted by atomic mass is 32.2. The topological polar surface area (TPSA) is 24.4 Å². The number of benzene rings is 2. The lowest BCUT2D eigenvalue weighted by molar-refractivity contribution is -0.0901. The van der Waals surface area contributed by atoms with Crippen LogP contribution >= 0.6 is 11.8 Å². The second-order valence-electron chi connectivity index (χ2n) is 5.83. The van der Waals surface area contributed by atoms with E-state index in [1.54, 1.807) is 30.3 Å². The third-order valence-corrected chi connectivity index (χ3v) is 4.90. The molecule has 29 heavy (non-hydrogen) atoms. The monoisotopic (exact) mass is 438 g/mol. The number of rotatable bonds is 4. The zero-order valence-corrected chi connectivity index (χ0v) is 14.9. The van der Waals surface area contributed by atoms with Gasteiger partial charge in [-0.05, 0) is 11.6 Å². The van der Waals surface area contributed by atoms with Crippen molar-refractivity contribution in [3.63, 3.8) is 0 Å². The van der Waals surface area contributed by atoms with Gasteiger partial charge in [-0.25, -0.2) is 22.0 Å². The number of nitrogens with one attached hydrogen (secondary N) is 1. The summed E-state index contributed by atoms with van der Waals surface area (Å²) in [5, 5.41) is 1.18. The quantitative estimate of drug-likeness (QED) is 0.353. The molecule has 0 aromatic heterocycles. The molecule has 0 radical (unpaired) electrons. The van der Waals surface area contributed by atoms with Crippen LogP contribution in [-0.2, 0) is 0 Å². The molecule has 3 rings (SSSR count). The van der Waals surface area contributed by atoms with E-state index in [9.17, 15) is 35.1 Å². The molecule has 0 bridgehead atoms. The van der Waals surface area contributed by atoms with Crippen LogP contribution < -0.4 is 5.32 Å². The van der Waals surface area contributed by atoms with Gasteiger partial charge < -0.3 is 5.32 Å². The lowest BCUT2D eigenvalue weighted by Crippen LogP contribution is -2.22. The lowest BCUT2D eigenvalue weighted by atomic mass is 10.1. The van der Waals surface area contributed by atoms with Gasteiger partial charge in [-0.3, -0.25) is 4.99 Å². The van der Waals surface area contributed by atoms with E-state index in [0.29, 0.717) is 11.8 Å². The van der Waals surface area contributed by atoms with Crippen molar-refractivity contribution < 1.29 is 35.1 Å². The molecule has 2 aromatic rings. The van der Waals surface area contributed by atoms with Crippen molar-refractivity contribution in [2.45, 2.75) is 12.2 Å². The highest BCUT2D eigenvalue weighted by molar-refractivity contribution is 8.14. The van der Waals surface area contributed by atoms with Crippen molar-refractivity contribution in [1.82, 2.24) is 0 Å². The zero-order chi connectivity index (χ0) is 21.3. The first kappa shape index (κ1) is 21.2. The minimum atomic E-state index is -5.17. The number of alkyl halides is 3. The van der Waals surface area contributed by atoms with Crippen molar-refractivity contribution >= 4 is 22.5 Å². The molecule has 0 fully saturated rings. The van der Waals surface area contributed by atoms with Crippen molar-refractivity contribution in [3.05, 3.63) is 76.8 Å². The smallest absolute Gasteiger partial charge is 0.346 e. The SMILES string of the molecule is Fc1c(F)c(F)c(NC(=CC2=NC(c3ccccc3)CS2)C(F)(F)F)c(F)c1F. The molecular formula is C18H10F8N2S. The molecule has 0 saturated heterocycles. The van der Waals surface area contributed by atoms with Crippen molar-refractivity contribution in [2.24, 2.45) is 4.99 Å². The van der Waals surface area contributed by atoms with Crippen LogP contribution in [0.2, 0.25) is 0 Å². The van der Waals surface area contributed by atoms with E-state index in [1.165, 1.54) is 5.32 Å². The fourth-order valence-corrected chi connectivity index (χ4v) is 3.48. The number of hydrogen-bond acceptors (Lipinski definition) is 3. The van der Waals surface area contributed by atoms with E-state index in [4.69, 9.17) is 0 Å². The van der Waals surface area contributed by atoms with Gasteiger partial charge >= 0.3 is 6.18 Å². The molecule has 1 aliphatic rings. The first-order valence-corrected chi connectivity index (χ1v) is 8.91. The molecule has 0 saturated carbocycles. The standard InChI is InChI=1S/C18H10F8N2S/c19-12-13(20)15(22)17(16(23)14(12)21)28-10(18(24,25)26)6-11-27-9(7-29-11)8-4-2-1-3-5-8/h1-6,9,28H,7H2. The number of nitrogens with zero attached hydrogens (tertiary/aromatic N) is 1. The molecule has 11 heteroatoms. The minimum Gasteiger partial charge on any atom is -0.346 e. The normalized spacial score (nSPS) is 17.4. The number of aliphatic imine (C=N–C) groups is 1. The first-order chi connectivity index (χ1) is 13.6. The molecular weight excluding hydrogens is 428 g/mol. The third kappa shape index (κ3) is 4.39. The fourth-order valence-electron chi connectivity index (χ4n) is 2.48. The summed E-state index contributed by atoms with van der Waals surface area (Å²) in [7, 11) is 0. The average Bonchev–Trinajstić information content (AvgIpc) is 3.16. The van der Waals surface area contributed by atoms with E-state index >= 15 is 0 Å². The number of allylic oxidation sites excluding steroid dienone is 1. The summed E-state index contributed by atoms with van der Waals surface area (Å²) in [5.41, 5.74) is -2.77. The highest BCUT2D eigenvalue weighted by Gasteiger charge is 2.37. The predicted molar refractivity (Wildman–Crippen MR) is 93.1 cm³/mol. The van der Waals surface area contributed by atoms with Gasteiger partial charge in [0.05, 0.1) is 11.1 Å². The van der Waals surface area contributed by atoms with Crippen LogP contribution in [0.25, 0.3) is 0 Å². The Morgan fingerprint density at radius 3 is 2.03 bits per heavy atom. The Balaban J connectivity index is 1.97. The number of anilines is 1. The summed E-state index contributed by atoms with van der Waals surface area (Å²) >= 11 is 0.955. The summed E-state index contributed by atoms with van der Waals surface area (Å²) in [6.07, 6.45) is -4.71. The van der Waals surface area contributed by atoms with Crippen LogP contribution in [-0.4, -0.2) is 17.0 Å². The number of thioether (sulfide) groups is 1. The molecule has 0 amide bonds. The molecule has 1 atom stereocenters. The van der Waals surface area contributed by atoms with E-state index in [0.717, 1.165) is 17.3 Å². The molecule has 0 aliphatic carbocycles. The second-order valence-corrected chi connectivity index (χ2v) is 6.87. The average molecular weight is 438 g/mol. The Labute approximate surface area is 163 Å². The van der Waals surface area contributed by atoms with E-state index in [-0.39, 0.29) is 5.04 Å². The number of halogens is 8. The van der Waals surface area contributed by atoms with Crippen LogP contribution in [0.1, 0.15) is 11.6 Å². The summed E-state index contributed by atoms with van der Waals surface area (Å²) in [4.78, 5) is 4.11. The van der Waals surface area contributed by atoms with Crippen LogP contribution in [0.3, 0.4) is 0 Å². The minimum absolute atomic E-state index is 0.109. The first-order valence-electron chi connectivity index (χ1n) is 7.92. The van der Waals surface area contributed by atoms with E-state index in [2.05, 4.69) is 4.99 Å². The van der Waals surface area contributed by atoms with Gasteiger partial charge in [0.2, 0.25) is 5.82 Å². The van der Waals surface area contributed by atoms with Gasteiger partial charge in [0, 0.05) is 5.75 Å². The van der Waals surface area contributed by atoms with Crippen LogP contribution in [0.5, 0.6) is 0 Å². The zero-order valence-electron chi connectivity index (χ0n) is 14.1. The van der Waals surface area contributed by atoms with E-state index in [1.807, 2.05) is 0 Å². The summed E-state index contributed by atoms with van der Waals surface area (Å²) < 4.78 is 107. The molecule has 1 unspecified atom stereocenters. The predicted octanol–water partition coefficient (Wildman–Crippen LogP) is 6.13. The van der Waals surface area contributed by atoms with Crippen molar-refractivity contribution in [1.29, 1.82) is 0 Å². The maximum atomic E-state index is 13.7. The summed E-state index contributed by atoms with van der Waals surface area (Å²) in [6, 6.07) is 8.25. The Morgan fingerprint density at radius 2 is 1.48 bits per heavy atom. The van der Waals surface area contributed by atoms with Gasteiger partial charge in [0.15, 0.2) is 23.3 Å². The van der Waals surface area contributed by atoms with Crippen LogP contribution in [0.4, 0.5) is 40.8 Å². The Kier molecular flexibility index (Phi) is 5.87. The second kappa shape index (κ2) is 8.05. The lowest BCUT2D eigenvalue weighted by Gasteiger charge is -2.16. The molecule has 154 valence electrons.